The highest BCUT2D eigenvalue weighted by Crippen LogP contribution is 2.37. The van der Waals surface area contributed by atoms with Gasteiger partial charge in [0.1, 0.15) is 0 Å². The van der Waals surface area contributed by atoms with Crippen molar-refractivity contribution in [2.45, 2.75) is 45.6 Å². The zero-order valence-electron chi connectivity index (χ0n) is 11.7. The molecule has 0 bridgehead atoms. The minimum absolute atomic E-state index is 0.319. The lowest BCUT2D eigenvalue weighted by Gasteiger charge is -2.41. The van der Waals surface area contributed by atoms with E-state index in [0.717, 1.165) is 25.7 Å². The predicted molar refractivity (Wildman–Crippen MR) is 70.9 cm³/mol. The summed E-state index contributed by atoms with van der Waals surface area (Å²) in [7, 11) is 0. The van der Waals surface area contributed by atoms with Gasteiger partial charge >= 0.3 is 12.0 Å². The molecule has 0 radical (unpaired) electrons. The van der Waals surface area contributed by atoms with E-state index in [1.54, 1.807) is 4.90 Å². The summed E-state index contributed by atoms with van der Waals surface area (Å²) in [5.74, 6) is -1.22. The maximum Gasteiger partial charge on any atom is 0.328 e. The zero-order valence-corrected chi connectivity index (χ0v) is 11.7. The van der Waals surface area contributed by atoms with Crippen molar-refractivity contribution in [3.63, 3.8) is 0 Å². The maximum atomic E-state index is 11.9. The van der Waals surface area contributed by atoms with Crippen LogP contribution in [-0.4, -0.2) is 52.9 Å². The number of urea groups is 1. The molecule has 19 heavy (non-hydrogen) atoms. The van der Waals surface area contributed by atoms with Gasteiger partial charge in [-0.1, -0.05) is 26.7 Å². The van der Waals surface area contributed by atoms with E-state index < -0.39 is 24.6 Å². The van der Waals surface area contributed by atoms with Crippen LogP contribution >= 0.6 is 0 Å². The summed E-state index contributed by atoms with van der Waals surface area (Å²) >= 11 is 0. The molecule has 2 amide bonds. The highest BCUT2D eigenvalue weighted by molar-refractivity contribution is 5.82. The quantitative estimate of drug-likeness (QED) is 0.697. The molecule has 110 valence electrons. The molecule has 1 rings (SSSR count). The first-order chi connectivity index (χ1) is 8.98. The van der Waals surface area contributed by atoms with E-state index in [4.69, 9.17) is 10.2 Å². The normalized spacial score (nSPS) is 19.8. The minimum Gasteiger partial charge on any atom is -0.480 e. The molecule has 1 atom stereocenters. The topological polar surface area (TPSA) is 89.9 Å². The average molecular weight is 272 g/mol. The van der Waals surface area contributed by atoms with E-state index in [1.807, 2.05) is 0 Å². The molecule has 1 aliphatic rings. The third-order valence-corrected chi connectivity index (χ3v) is 4.39. The monoisotopic (exact) mass is 272 g/mol. The van der Waals surface area contributed by atoms with E-state index in [0.29, 0.717) is 18.5 Å². The van der Waals surface area contributed by atoms with Gasteiger partial charge in [-0.05, 0) is 18.3 Å². The molecule has 6 nitrogen and oxygen atoms in total. The van der Waals surface area contributed by atoms with E-state index in [9.17, 15) is 9.59 Å². The molecule has 3 N–H and O–H groups in total. The van der Waals surface area contributed by atoms with E-state index in [-0.39, 0.29) is 0 Å². The molecule has 0 aromatic heterocycles. The highest BCUT2D eigenvalue weighted by Gasteiger charge is 2.33. The van der Waals surface area contributed by atoms with Gasteiger partial charge in [0.15, 0.2) is 6.04 Å². The highest BCUT2D eigenvalue weighted by atomic mass is 16.4. The number of piperidine rings is 1. The summed E-state index contributed by atoms with van der Waals surface area (Å²) in [4.78, 5) is 24.3. The number of hydrogen-bond donors (Lipinski definition) is 3. The summed E-state index contributed by atoms with van der Waals surface area (Å²) in [5, 5.41) is 20.0. The fraction of sp³-hybridized carbons (Fsp3) is 0.846. The Morgan fingerprint density at radius 3 is 2.16 bits per heavy atom. The zero-order chi connectivity index (χ0) is 14.5. The largest absolute Gasteiger partial charge is 0.480 e. The van der Waals surface area contributed by atoms with Gasteiger partial charge in [0.05, 0.1) is 6.61 Å². The number of rotatable bonds is 5. The van der Waals surface area contributed by atoms with Gasteiger partial charge in [-0.25, -0.2) is 9.59 Å². The van der Waals surface area contributed by atoms with Crippen LogP contribution in [0.15, 0.2) is 0 Å². The first kappa shape index (κ1) is 15.8. The molecule has 1 saturated heterocycles. The van der Waals surface area contributed by atoms with Crippen LogP contribution in [0.5, 0.6) is 0 Å². The van der Waals surface area contributed by atoms with Crippen LogP contribution in [0.25, 0.3) is 0 Å². The smallest absolute Gasteiger partial charge is 0.328 e. The number of nitrogens with one attached hydrogen (secondary N) is 1. The molecule has 0 saturated carbocycles. The summed E-state index contributed by atoms with van der Waals surface area (Å²) < 4.78 is 0. The van der Waals surface area contributed by atoms with Crippen molar-refractivity contribution < 1.29 is 19.8 Å². The number of nitrogens with zero attached hydrogens (tertiary/aromatic N) is 1. The third-order valence-electron chi connectivity index (χ3n) is 4.39. The van der Waals surface area contributed by atoms with Gasteiger partial charge in [-0.3, -0.25) is 0 Å². The molecular weight excluding hydrogens is 248 g/mol. The Kier molecular flexibility index (Phi) is 5.60. The standard InChI is InChI=1S/C13H24N2O4/c1-3-13(4-2)5-7-15(8-6-13)12(19)14-10(9-16)11(17)18/h10,16H,3-9H2,1-2H3,(H,14,19)(H,17,18)/t10-/m1/s1. The number of hydrogen-bond acceptors (Lipinski definition) is 3. The number of aliphatic hydroxyl groups excluding tert-OH is 1. The number of aliphatic hydroxyl groups is 1. The van der Waals surface area contributed by atoms with Gasteiger partial charge in [0, 0.05) is 13.1 Å². The van der Waals surface area contributed by atoms with Crippen LogP contribution in [0.4, 0.5) is 4.79 Å². The Labute approximate surface area is 113 Å². The fourth-order valence-corrected chi connectivity index (χ4v) is 2.57. The van der Waals surface area contributed by atoms with Crippen molar-refractivity contribution in [3.8, 4) is 0 Å². The van der Waals surface area contributed by atoms with Crippen molar-refractivity contribution in [1.29, 1.82) is 0 Å². The van der Waals surface area contributed by atoms with Crippen LogP contribution in [0.2, 0.25) is 0 Å². The molecule has 0 unspecified atom stereocenters. The lowest BCUT2D eigenvalue weighted by Crippen LogP contribution is -2.52. The second-order valence-corrected chi connectivity index (χ2v) is 5.22. The molecule has 6 heteroatoms. The first-order valence-electron chi connectivity index (χ1n) is 6.87. The summed E-state index contributed by atoms with van der Waals surface area (Å²) in [6.45, 7) is 5.04. The first-order valence-corrected chi connectivity index (χ1v) is 6.87. The van der Waals surface area contributed by atoms with Crippen LogP contribution in [0, 0.1) is 5.41 Å². The molecular formula is C13H24N2O4. The van der Waals surface area contributed by atoms with Crippen LogP contribution in [0.3, 0.4) is 0 Å². The second-order valence-electron chi connectivity index (χ2n) is 5.22. The lowest BCUT2D eigenvalue weighted by atomic mass is 9.74. The number of aliphatic carboxylic acids is 1. The molecule has 0 aliphatic carbocycles. The summed E-state index contributed by atoms with van der Waals surface area (Å²) in [6.07, 6.45) is 4.11. The maximum absolute atomic E-state index is 11.9. The Morgan fingerprint density at radius 1 is 1.26 bits per heavy atom. The Hall–Kier alpha value is -1.30. The third kappa shape index (κ3) is 3.83. The van der Waals surface area contributed by atoms with E-state index in [2.05, 4.69) is 19.2 Å². The SMILES string of the molecule is CCC1(CC)CCN(C(=O)N[C@H](CO)C(=O)O)CC1. The number of carbonyl (C=O) groups is 2. The van der Waals surface area contributed by atoms with Crippen molar-refractivity contribution in [2.24, 2.45) is 5.41 Å². The van der Waals surface area contributed by atoms with Crippen molar-refractivity contribution in [2.75, 3.05) is 19.7 Å². The molecule has 0 spiro atoms. The predicted octanol–water partition coefficient (Wildman–Crippen LogP) is 1.04. The van der Waals surface area contributed by atoms with Crippen LogP contribution in [0.1, 0.15) is 39.5 Å². The second kappa shape index (κ2) is 6.75. The fourth-order valence-electron chi connectivity index (χ4n) is 2.57. The van der Waals surface area contributed by atoms with Gasteiger partial charge in [0.25, 0.3) is 0 Å². The van der Waals surface area contributed by atoms with Crippen molar-refractivity contribution in [1.82, 2.24) is 10.2 Å². The van der Waals surface area contributed by atoms with Gasteiger partial charge < -0.3 is 20.4 Å². The molecule has 0 aromatic rings. The molecule has 0 aromatic carbocycles. The number of carboxylic acids is 1. The Morgan fingerprint density at radius 2 is 1.79 bits per heavy atom. The van der Waals surface area contributed by atoms with Crippen molar-refractivity contribution in [3.05, 3.63) is 0 Å². The van der Waals surface area contributed by atoms with Crippen molar-refractivity contribution >= 4 is 12.0 Å². The van der Waals surface area contributed by atoms with E-state index >= 15 is 0 Å². The van der Waals surface area contributed by atoms with Gasteiger partial charge in [0.2, 0.25) is 0 Å². The number of likely N-dealkylation sites (tertiary alicyclic amines) is 1. The molecule has 1 fully saturated rings. The van der Waals surface area contributed by atoms with Gasteiger partial charge in [-0.2, -0.15) is 0 Å². The Balaban J connectivity index is 2.51. The molecule has 1 heterocycles. The number of carboxylic acid groups (broad SMARTS) is 1. The van der Waals surface area contributed by atoms with Crippen LogP contribution in [-0.2, 0) is 4.79 Å². The number of amides is 2. The summed E-state index contributed by atoms with van der Waals surface area (Å²) in [6, 6.07) is -1.63. The lowest BCUT2D eigenvalue weighted by molar-refractivity contribution is -0.140. The Bertz CT molecular complexity index is 319. The van der Waals surface area contributed by atoms with Gasteiger partial charge in [-0.15, -0.1) is 0 Å². The van der Waals surface area contributed by atoms with Crippen LogP contribution < -0.4 is 5.32 Å². The average Bonchev–Trinajstić information content (AvgIpc) is 2.44. The summed E-state index contributed by atoms with van der Waals surface area (Å²) in [5.41, 5.74) is 0.319. The number of carbonyl (C=O) groups excluding carboxylic acids is 1. The molecule has 1 aliphatic heterocycles. The minimum atomic E-state index is -1.23. The van der Waals surface area contributed by atoms with E-state index in [1.165, 1.54) is 0 Å².